The molecule has 2 rings (SSSR count). The topological polar surface area (TPSA) is 52.1 Å². The second kappa shape index (κ2) is 5.73. The molecule has 0 atom stereocenters. The SMILES string of the molecule is COC(=O)Cc1nccc(-c2ccccc2Br)n1. The molecule has 0 aliphatic heterocycles. The van der Waals surface area contributed by atoms with Crippen LogP contribution < -0.4 is 0 Å². The molecule has 0 saturated carbocycles. The Morgan fingerprint density at radius 3 is 2.83 bits per heavy atom. The number of hydrogen-bond donors (Lipinski definition) is 0. The van der Waals surface area contributed by atoms with E-state index in [0.717, 1.165) is 15.7 Å². The summed E-state index contributed by atoms with van der Waals surface area (Å²) in [6.45, 7) is 0. The van der Waals surface area contributed by atoms with Crippen LogP contribution in [0, 0.1) is 0 Å². The van der Waals surface area contributed by atoms with E-state index in [1.165, 1.54) is 7.11 Å². The van der Waals surface area contributed by atoms with E-state index in [-0.39, 0.29) is 12.4 Å². The Bertz CT molecular complexity index is 572. The van der Waals surface area contributed by atoms with Gasteiger partial charge in [0.15, 0.2) is 0 Å². The monoisotopic (exact) mass is 306 g/mol. The lowest BCUT2D eigenvalue weighted by Crippen LogP contribution is -2.08. The fourth-order valence-corrected chi connectivity index (χ4v) is 1.99. The molecule has 0 bridgehead atoms. The lowest BCUT2D eigenvalue weighted by molar-refractivity contribution is -0.139. The molecule has 0 aliphatic carbocycles. The average molecular weight is 307 g/mol. The number of nitrogens with zero attached hydrogens (tertiary/aromatic N) is 2. The zero-order chi connectivity index (χ0) is 13.0. The minimum Gasteiger partial charge on any atom is -0.469 e. The van der Waals surface area contributed by atoms with Gasteiger partial charge < -0.3 is 4.74 Å². The molecule has 0 aliphatic rings. The molecule has 0 amide bonds. The van der Waals surface area contributed by atoms with Crippen molar-refractivity contribution >= 4 is 21.9 Å². The molecule has 0 radical (unpaired) electrons. The van der Waals surface area contributed by atoms with E-state index >= 15 is 0 Å². The van der Waals surface area contributed by atoms with Crippen molar-refractivity contribution < 1.29 is 9.53 Å². The molecule has 0 spiro atoms. The van der Waals surface area contributed by atoms with Crippen LogP contribution >= 0.6 is 15.9 Å². The van der Waals surface area contributed by atoms with E-state index in [2.05, 4.69) is 30.6 Å². The number of rotatable bonds is 3. The molecule has 1 aromatic heterocycles. The smallest absolute Gasteiger partial charge is 0.313 e. The second-order valence-electron chi connectivity index (χ2n) is 3.59. The van der Waals surface area contributed by atoms with Gasteiger partial charge in [-0.05, 0) is 12.1 Å². The maximum atomic E-state index is 11.2. The fourth-order valence-electron chi connectivity index (χ4n) is 1.50. The third kappa shape index (κ3) is 2.92. The third-order valence-electron chi connectivity index (χ3n) is 2.39. The number of hydrogen-bond acceptors (Lipinski definition) is 4. The van der Waals surface area contributed by atoms with Crippen LogP contribution in [-0.2, 0) is 16.0 Å². The van der Waals surface area contributed by atoms with Crippen LogP contribution in [0.15, 0.2) is 41.0 Å². The molecule has 2 aromatic rings. The van der Waals surface area contributed by atoms with Crippen molar-refractivity contribution in [2.75, 3.05) is 7.11 Å². The molecular weight excluding hydrogens is 296 g/mol. The van der Waals surface area contributed by atoms with Crippen LogP contribution in [0.4, 0.5) is 0 Å². The molecule has 0 N–H and O–H groups in total. The van der Waals surface area contributed by atoms with Gasteiger partial charge in [-0.15, -0.1) is 0 Å². The Hall–Kier alpha value is -1.75. The van der Waals surface area contributed by atoms with Gasteiger partial charge in [-0.1, -0.05) is 34.1 Å². The van der Waals surface area contributed by atoms with Gasteiger partial charge >= 0.3 is 5.97 Å². The Morgan fingerprint density at radius 2 is 2.11 bits per heavy atom. The first-order valence-corrected chi connectivity index (χ1v) is 6.13. The van der Waals surface area contributed by atoms with Crippen molar-refractivity contribution in [3.8, 4) is 11.3 Å². The van der Waals surface area contributed by atoms with Crippen molar-refractivity contribution in [3.05, 3.63) is 46.8 Å². The van der Waals surface area contributed by atoms with Gasteiger partial charge in [0, 0.05) is 16.2 Å². The molecule has 1 heterocycles. The van der Waals surface area contributed by atoms with Gasteiger partial charge in [0.2, 0.25) is 0 Å². The van der Waals surface area contributed by atoms with Crippen LogP contribution in [0.5, 0.6) is 0 Å². The number of methoxy groups -OCH3 is 1. The van der Waals surface area contributed by atoms with Gasteiger partial charge in [-0.25, -0.2) is 9.97 Å². The predicted molar refractivity (Wildman–Crippen MR) is 70.9 cm³/mol. The number of benzene rings is 1. The van der Waals surface area contributed by atoms with Crippen LogP contribution in [0.25, 0.3) is 11.3 Å². The van der Waals surface area contributed by atoms with Crippen molar-refractivity contribution in [2.24, 2.45) is 0 Å². The highest BCUT2D eigenvalue weighted by atomic mass is 79.9. The largest absolute Gasteiger partial charge is 0.469 e. The number of esters is 1. The van der Waals surface area contributed by atoms with E-state index in [9.17, 15) is 4.79 Å². The first-order valence-electron chi connectivity index (χ1n) is 5.34. The van der Waals surface area contributed by atoms with Crippen molar-refractivity contribution in [1.29, 1.82) is 0 Å². The van der Waals surface area contributed by atoms with E-state index in [0.29, 0.717) is 5.82 Å². The summed E-state index contributed by atoms with van der Waals surface area (Å²) >= 11 is 3.47. The number of carbonyl (C=O) groups is 1. The van der Waals surface area contributed by atoms with Gasteiger partial charge in [0.1, 0.15) is 12.2 Å². The molecule has 0 unspecified atom stereocenters. The van der Waals surface area contributed by atoms with E-state index in [4.69, 9.17) is 0 Å². The number of carbonyl (C=O) groups excluding carboxylic acids is 1. The normalized spacial score (nSPS) is 10.1. The summed E-state index contributed by atoms with van der Waals surface area (Å²) in [5, 5.41) is 0. The summed E-state index contributed by atoms with van der Waals surface area (Å²) in [6.07, 6.45) is 1.72. The fraction of sp³-hybridized carbons (Fsp3) is 0.154. The highest BCUT2D eigenvalue weighted by Gasteiger charge is 2.08. The maximum absolute atomic E-state index is 11.2. The summed E-state index contributed by atoms with van der Waals surface area (Å²) < 4.78 is 5.55. The molecule has 0 saturated heterocycles. The predicted octanol–water partition coefficient (Wildman–Crippen LogP) is 2.62. The average Bonchev–Trinajstić information content (AvgIpc) is 2.39. The van der Waals surface area contributed by atoms with Gasteiger partial charge in [0.05, 0.1) is 12.8 Å². The van der Waals surface area contributed by atoms with E-state index in [1.807, 2.05) is 24.3 Å². The van der Waals surface area contributed by atoms with Crippen LogP contribution in [-0.4, -0.2) is 23.0 Å². The Morgan fingerprint density at radius 1 is 1.33 bits per heavy atom. The van der Waals surface area contributed by atoms with Gasteiger partial charge in [-0.3, -0.25) is 4.79 Å². The molecule has 1 aromatic carbocycles. The van der Waals surface area contributed by atoms with E-state index < -0.39 is 0 Å². The van der Waals surface area contributed by atoms with Crippen molar-refractivity contribution in [3.63, 3.8) is 0 Å². The minimum atomic E-state index is -0.348. The van der Waals surface area contributed by atoms with Crippen LogP contribution in [0.2, 0.25) is 0 Å². The van der Waals surface area contributed by atoms with E-state index in [1.54, 1.807) is 12.3 Å². The highest BCUT2D eigenvalue weighted by molar-refractivity contribution is 9.10. The summed E-state index contributed by atoms with van der Waals surface area (Å²) in [6, 6.07) is 9.57. The first-order chi connectivity index (χ1) is 8.70. The minimum absolute atomic E-state index is 0.0782. The number of ether oxygens (including phenoxy) is 1. The number of halogens is 1. The standard InChI is InChI=1S/C13H11BrN2O2/c1-18-13(17)8-12-15-7-6-11(16-12)9-4-2-3-5-10(9)14/h2-7H,8H2,1H3. The summed E-state index contributed by atoms with van der Waals surface area (Å²) in [5.41, 5.74) is 1.74. The summed E-state index contributed by atoms with van der Waals surface area (Å²) in [4.78, 5) is 19.6. The van der Waals surface area contributed by atoms with Crippen molar-refractivity contribution in [2.45, 2.75) is 6.42 Å². The Labute approximate surface area is 113 Å². The molecule has 18 heavy (non-hydrogen) atoms. The number of aromatic nitrogens is 2. The lowest BCUT2D eigenvalue weighted by Gasteiger charge is -2.05. The lowest BCUT2D eigenvalue weighted by atomic mass is 10.1. The second-order valence-corrected chi connectivity index (χ2v) is 4.45. The zero-order valence-corrected chi connectivity index (χ0v) is 11.3. The molecular formula is C13H11BrN2O2. The van der Waals surface area contributed by atoms with Crippen LogP contribution in [0.1, 0.15) is 5.82 Å². The molecule has 4 nitrogen and oxygen atoms in total. The first kappa shape index (κ1) is 12.7. The summed E-state index contributed by atoms with van der Waals surface area (Å²) in [5.74, 6) is 0.106. The van der Waals surface area contributed by atoms with Gasteiger partial charge in [-0.2, -0.15) is 0 Å². The summed E-state index contributed by atoms with van der Waals surface area (Å²) in [7, 11) is 1.35. The Kier molecular flexibility index (Phi) is 4.04. The maximum Gasteiger partial charge on any atom is 0.313 e. The highest BCUT2D eigenvalue weighted by Crippen LogP contribution is 2.25. The Balaban J connectivity index is 2.33. The zero-order valence-electron chi connectivity index (χ0n) is 9.76. The van der Waals surface area contributed by atoms with Gasteiger partial charge in [0.25, 0.3) is 0 Å². The van der Waals surface area contributed by atoms with Crippen LogP contribution in [0.3, 0.4) is 0 Å². The molecule has 92 valence electrons. The molecule has 5 heteroatoms. The van der Waals surface area contributed by atoms with Crippen molar-refractivity contribution in [1.82, 2.24) is 9.97 Å². The molecule has 0 fully saturated rings. The quantitative estimate of drug-likeness (QED) is 0.818. The third-order valence-corrected chi connectivity index (χ3v) is 3.08.